The summed E-state index contributed by atoms with van der Waals surface area (Å²) in [7, 11) is 3.00. The summed E-state index contributed by atoms with van der Waals surface area (Å²) in [5.41, 5.74) is 2.07. The van der Waals surface area contributed by atoms with Gasteiger partial charge in [0.1, 0.15) is 11.3 Å². The van der Waals surface area contributed by atoms with Gasteiger partial charge in [-0.25, -0.2) is 4.79 Å². The van der Waals surface area contributed by atoms with Crippen LogP contribution in [0.1, 0.15) is 61.6 Å². The fourth-order valence-corrected chi connectivity index (χ4v) is 3.92. The van der Waals surface area contributed by atoms with E-state index >= 15 is 0 Å². The minimum atomic E-state index is -0.905. The van der Waals surface area contributed by atoms with E-state index in [1.165, 1.54) is 13.5 Å². The maximum Gasteiger partial charge on any atom is 0.331 e. The third kappa shape index (κ3) is 4.77. The summed E-state index contributed by atoms with van der Waals surface area (Å²) in [4.78, 5) is 25.4. The SMILES string of the molecule is COC(=O)C1(NC(=O)Cc2c(C)cc(C)cc2OC)CCCCCCC1. The number of carbonyl (C=O) groups excluding carboxylic acids is 2. The van der Waals surface area contributed by atoms with E-state index in [1.54, 1.807) is 7.11 Å². The number of carbonyl (C=O) groups is 2. The van der Waals surface area contributed by atoms with E-state index in [0.29, 0.717) is 18.6 Å². The second kappa shape index (κ2) is 9.06. The lowest BCUT2D eigenvalue weighted by atomic mass is 9.83. The van der Waals surface area contributed by atoms with Crippen LogP contribution >= 0.6 is 0 Å². The van der Waals surface area contributed by atoms with Crippen molar-refractivity contribution >= 4 is 11.9 Å². The van der Waals surface area contributed by atoms with E-state index in [-0.39, 0.29) is 18.3 Å². The minimum Gasteiger partial charge on any atom is -0.496 e. The van der Waals surface area contributed by atoms with Crippen molar-refractivity contribution in [1.82, 2.24) is 5.32 Å². The molecule has 1 saturated carbocycles. The Morgan fingerprint density at radius 3 is 2.23 bits per heavy atom. The molecule has 1 aliphatic rings. The lowest BCUT2D eigenvalue weighted by Crippen LogP contribution is -2.55. The van der Waals surface area contributed by atoms with Crippen molar-refractivity contribution in [2.24, 2.45) is 0 Å². The Morgan fingerprint density at radius 2 is 1.65 bits per heavy atom. The van der Waals surface area contributed by atoms with Crippen molar-refractivity contribution in [2.45, 2.75) is 70.8 Å². The second-order valence-electron chi connectivity index (χ2n) is 7.33. The number of benzene rings is 1. The molecule has 1 amide bonds. The summed E-state index contributed by atoms with van der Waals surface area (Å²) in [5.74, 6) is 0.212. The molecule has 0 radical (unpaired) electrons. The van der Waals surface area contributed by atoms with Crippen LogP contribution in [-0.4, -0.2) is 31.6 Å². The fraction of sp³-hybridized carbons (Fsp3) is 0.619. The number of methoxy groups -OCH3 is 2. The summed E-state index contributed by atoms with van der Waals surface area (Å²) in [5, 5.41) is 3.02. The normalized spacial score (nSPS) is 16.9. The summed E-state index contributed by atoms with van der Waals surface area (Å²) in [6.07, 6.45) is 6.65. The minimum absolute atomic E-state index is 0.166. The number of hydrogen-bond donors (Lipinski definition) is 1. The van der Waals surface area contributed by atoms with Gasteiger partial charge >= 0.3 is 5.97 Å². The molecule has 0 unspecified atom stereocenters. The molecule has 0 heterocycles. The van der Waals surface area contributed by atoms with Crippen LogP contribution in [-0.2, 0) is 20.7 Å². The van der Waals surface area contributed by atoms with Crippen LogP contribution in [0.15, 0.2) is 12.1 Å². The summed E-state index contributed by atoms with van der Waals surface area (Å²) < 4.78 is 10.5. The molecule has 0 aliphatic heterocycles. The molecule has 1 aliphatic carbocycles. The molecule has 1 N–H and O–H groups in total. The number of esters is 1. The Morgan fingerprint density at radius 1 is 1.04 bits per heavy atom. The van der Waals surface area contributed by atoms with Gasteiger partial charge in [-0.15, -0.1) is 0 Å². The van der Waals surface area contributed by atoms with Gasteiger partial charge in [0.05, 0.1) is 20.6 Å². The molecule has 2 rings (SSSR count). The predicted molar refractivity (Wildman–Crippen MR) is 101 cm³/mol. The highest BCUT2D eigenvalue weighted by molar-refractivity contribution is 5.89. The first-order valence-electron chi connectivity index (χ1n) is 9.45. The lowest BCUT2D eigenvalue weighted by molar-refractivity contribution is -0.152. The maximum atomic E-state index is 12.8. The average molecular weight is 361 g/mol. The van der Waals surface area contributed by atoms with Gasteiger partial charge < -0.3 is 14.8 Å². The smallest absolute Gasteiger partial charge is 0.331 e. The molecule has 1 fully saturated rings. The van der Waals surface area contributed by atoms with E-state index in [4.69, 9.17) is 9.47 Å². The number of rotatable bonds is 5. The van der Waals surface area contributed by atoms with Crippen LogP contribution in [0.2, 0.25) is 0 Å². The Balaban J connectivity index is 2.21. The van der Waals surface area contributed by atoms with Crippen molar-refractivity contribution < 1.29 is 19.1 Å². The standard InChI is InChI=1S/C21H31NO4/c1-15-12-16(2)17(18(13-15)25-3)14-19(23)22-21(20(24)26-4)10-8-6-5-7-9-11-21/h12-13H,5-11,14H2,1-4H3,(H,22,23). The van der Waals surface area contributed by atoms with Crippen LogP contribution < -0.4 is 10.1 Å². The number of ether oxygens (including phenoxy) is 2. The monoisotopic (exact) mass is 361 g/mol. The number of amides is 1. The molecule has 5 heteroatoms. The zero-order valence-corrected chi connectivity index (χ0v) is 16.4. The summed E-state index contributed by atoms with van der Waals surface area (Å²) >= 11 is 0. The zero-order valence-electron chi connectivity index (χ0n) is 16.4. The zero-order chi connectivity index (χ0) is 19.2. The van der Waals surface area contributed by atoms with Gasteiger partial charge in [-0.3, -0.25) is 4.79 Å². The molecular weight excluding hydrogens is 330 g/mol. The first-order chi connectivity index (χ1) is 12.4. The van der Waals surface area contributed by atoms with Gasteiger partial charge in [0, 0.05) is 5.56 Å². The summed E-state index contributed by atoms with van der Waals surface area (Å²) in [6, 6.07) is 3.97. The van der Waals surface area contributed by atoms with Crippen LogP contribution in [0, 0.1) is 13.8 Å². The third-order valence-electron chi connectivity index (χ3n) is 5.30. The highest BCUT2D eigenvalue weighted by Gasteiger charge is 2.40. The van der Waals surface area contributed by atoms with Crippen molar-refractivity contribution in [3.8, 4) is 5.75 Å². The molecule has 1 aromatic rings. The van der Waals surface area contributed by atoms with Crippen molar-refractivity contribution in [1.29, 1.82) is 0 Å². The van der Waals surface area contributed by atoms with Gasteiger partial charge in [-0.2, -0.15) is 0 Å². The Hall–Kier alpha value is -2.04. The number of nitrogens with one attached hydrogen (secondary N) is 1. The van der Waals surface area contributed by atoms with E-state index < -0.39 is 5.54 Å². The topological polar surface area (TPSA) is 64.6 Å². The Labute approximate surface area is 156 Å². The van der Waals surface area contributed by atoms with Crippen molar-refractivity contribution in [3.63, 3.8) is 0 Å². The average Bonchev–Trinajstić information content (AvgIpc) is 2.58. The van der Waals surface area contributed by atoms with Gasteiger partial charge in [-0.1, -0.05) is 38.2 Å². The van der Waals surface area contributed by atoms with Gasteiger partial charge in [0.2, 0.25) is 5.91 Å². The van der Waals surface area contributed by atoms with Crippen LogP contribution in [0.4, 0.5) is 0 Å². The molecule has 0 saturated heterocycles. The second-order valence-corrected chi connectivity index (χ2v) is 7.33. The quantitative estimate of drug-likeness (QED) is 0.814. The van der Waals surface area contributed by atoms with E-state index in [1.807, 2.05) is 26.0 Å². The van der Waals surface area contributed by atoms with Crippen molar-refractivity contribution in [3.05, 3.63) is 28.8 Å². The lowest BCUT2D eigenvalue weighted by Gasteiger charge is -2.33. The molecule has 0 bridgehead atoms. The molecule has 0 atom stereocenters. The maximum absolute atomic E-state index is 12.8. The van der Waals surface area contributed by atoms with Crippen LogP contribution in [0.3, 0.4) is 0 Å². The molecule has 0 aromatic heterocycles. The van der Waals surface area contributed by atoms with Crippen LogP contribution in [0.5, 0.6) is 5.75 Å². The molecule has 26 heavy (non-hydrogen) atoms. The Kier molecular flexibility index (Phi) is 7.06. The highest BCUT2D eigenvalue weighted by atomic mass is 16.5. The van der Waals surface area contributed by atoms with Gasteiger partial charge in [0.15, 0.2) is 0 Å². The van der Waals surface area contributed by atoms with Gasteiger partial charge in [-0.05, 0) is 43.9 Å². The fourth-order valence-electron chi connectivity index (χ4n) is 3.92. The Bertz CT molecular complexity index is 646. The van der Waals surface area contributed by atoms with E-state index in [2.05, 4.69) is 5.32 Å². The van der Waals surface area contributed by atoms with Crippen molar-refractivity contribution in [2.75, 3.05) is 14.2 Å². The molecular formula is C21H31NO4. The number of hydrogen-bond acceptors (Lipinski definition) is 4. The summed E-state index contributed by atoms with van der Waals surface area (Å²) in [6.45, 7) is 3.98. The van der Waals surface area contributed by atoms with Gasteiger partial charge in [0.25, 0.3) is 0 Å². The van der Waals surface area contributed by atoms with E-state index in [0.717, 1.165) is 42.4 Å². The molecule has 5 nitrogen and oxygen atoms in total. The third-order valence-corrected chi connectivity index (χ3v) is 5.30. The largest absolute Gasteiger partial charge is 0.496 e. The van der Waals surface area contributed by atoms with E-state index in [9.17, 15) is 9.59 Å². The highest BCUT2D eigenvalue weighted by Crippen LogP contribution is 2.29. The first-order valence-corrected chi connectivity index (χ1v) is 9.45. The molecule has 1 aromatic carbocycles. The first kappa shape index (κ1) is 20.3. The predicted octanol–water partition coefficient (Wildman–Crippen LogP) is 3.63. The molecule has 144 valence electrons. The van der Waals surface area contributed by atoms with Crippen LogP contribution in [0.25, 0.3) is 0 Å². The number of aryl methyl sites for hydroxylation is 2. The molecule has 0 spiro atoms.